The van der Waals surface area contributed by atoms with E-state index in [1.165, 1.54) is 0 Å². The van der Waals surface area contributed by atoms with Crippen molar-refractivity contribution in [2.75, 3.05) is 18.0 Å². The number of aromatic nitrogens is 1. The van der Waals surface area contributed by atoms with Crippen molar-refractivity contribution in [3.8, 4) is 0 Å². The van der Waals surface area contributed by atoms with Crippen molar-refractivity contribution in [1.29, 1.82) is 0 Å². The van der Waals surface area contributed by atoms with Crippen LogP contribution in [0.3, 0.4) is 0 Å². The summed E-state index contributed by atoms with van der Waals surface area (Å²) in [5.74, 6) is -0.676. The number of pyridine rings is 1. The van der Waals surface area contributed by atoms with Crippen LogP contribution in [0, 0.1) is 15.9 Å². The molecular formula is C9H10FN3O3. The fourth-order valence-corrected chi connectivity index (χ4v) is 1.69. The van der Waals surface area contributed by atoms with Gasteiger partial charge in [0.05, 0.1) is 17.1 Å². The summed E-state index contributed by atoms with van der Waals surface area (Å²) in [4.78, 5) is 15.0. The molecule has 2 heterocycles. The van der Waals surface area contributed by atoms with Crippen LogP contribution < -0.4 is 4.90 Å². The Hall–Kier alpha value is -1.76. The molecule has 0 unspecified atom stereocenters. The number of hydrogen-bond donors (Lipinski definition) is 1. The molecule has 0 bridgehead atoms. The second-order valence-electron chi connectivity index (χ2n) is 3.64. The van der Waals surface area contributed by atoms with Gasteiger partial charge in [-0.1, -0.05) is 0 Å². The molecule has 0 aliphatic carbocycles. The molecule has 1 saturated heterocycles. The first kappa shape index (κ1) is 10.7. The lowest BCUT2D eigenvalue weighted by Crippen LogP contribution is -2.23. The molecule has 2 rings (SSSR count). The van der Waals surface area contributed by atoms with Gasteiger partial charge in [0, 0.05) is 13.1 Å². The first-order valence-electron chi connectivity index (χ1n) is 4.81. The molecule has 0 aromatic carbocycles. The van der Waals surface area contributed by atoms with Gasteiger partial charge in [-0.2, -0.15) is 0 Å². The molecule has 1 N–H and O–H groups in total. The Kier molecular flexibility index (Phi) is 2.69. The number of aliphatic hydroxyl groups is 1. The van der Waals surface area contributed by atoms with E-state index in [0.717, 1.165) is 12.3 Å². The van der Waals surface area contributed by atoms with Crippen LogP contribution in [-0.2, 0) is 0 Å². The van der Waals surface area contributed by atoms with Gasteiger partial charge in [0.25, 0.3) is 5.69 Å². The first-order valence-corrected chi connectivity index (χ1v) is 4.81. The summed E-state index contributed by atoms with van der Waals surface area (Å²) >= 11 is 0. The van der Waals surface area contributed by atoms with E-state index in [0.29, 0.717) is 19.5 Å². The third-order valence-corrected chi connectivity index (χ3v) is 2.48. The van der Waals surface area contributed by atoms with Crippen LogP contribution in [0.5, 0.6) is 0 Å². The van der Waals surface area contributed by atoms with E-state index in [1.807, 2.05) is 0 Å². The summed E-state index contributed by atoms with van der Waals surface area (Å²) in [7, 11) is 0. The van der Waals surface area contributed by atoms with Crippen molar-refractivity contribution in [1.82, 2.24) is 4.98 Å². The monoisotopic (exact) mass is 227 g/mol. The molecule has 1 fully saturated rings. The van der Waals surface area contributed by atoms with Gasteiger partial charge in [0.2, 0.25) is 0 Å². The molecule has 0 amide bonds. The van der Waals surface area contributed by atoms with Crippen LogP contribution in [0.25, 0.3) is 0 Å². The SMILES string of the molecule is O=[N+]([O-])c1cnc(N2CC[C@@H](O)C2)c(F)c1. The number of aliphatic hydroxyl groups excluding tert-OH is 1. The molecule has 0 radical (unpaired) electrons. The normalized spacial score (nSPS) is 20.1. The maximum atomic E-state index is 13.5. The number of nitrogens with zero attached hydrogens (tertiary/aromatic N) is 3. The van der Waals surface area contributed by atoms with Crippen LogP contribution in [0.2, 0.25) is 0 Å². The maximum Gasteiger partial charge on any atom is 0.290 e. The molecule has 7 heteroatoms. The van der Waals surface area contributed by atoms with Crippen LogP contribution in [0.15, 0.2) is 12.3 Å². The fourth-order valence-electron chi connectivity index (χ4n) is 1.69. The van der Waals surface area contributed by atoms with Crippen LogP contribution in [0.1, 0.15) is 6.42 Å². The summed E-state index contributed by atoms with van der Waals surface area (Å²) in [5, 5.41) is 19.7. The lowest BCUT2D eigenvalue weighted by molar-refractivity contribution is -0.385. The number of anilines is 1. The molecule has 0 spiro atoms. The van der Waals surface area contributed by atoms with Crippen molar-refractivity contribution in [3.05, 3.63) is 28.2 Å². The Morgan fingerprint density at radius 1 is 1.69 bits per heavy atom. The summed E-state index contributed by atoms with van der Waals surface area (Å²) in [6.07, 6.45) is 1.08. The fraction of sp³-hybridized carbons (Fsp3) is 0.444. The van der Waals surface area contributed by atoms with Gasteiger partial charge < -0.3 is 10.0 Å². The van der Waals surface area contributed by atoms with Crippen molar-refractivity contribution in [2.24, 2.45) is 0 Å². The summed E-state index contributed by atoms with van der Waals surface area (Å²) in [6.45, 7) is 0.810. The van der Waals surface area contributed by atoms with E-state index in [9.17, 15) is 19.6 Å². The minimum Gasteiger partial charge on any atom is -0.391 e. The predicted octanol–water partition coefficient (Wildman–Crippen LogP) is 0.700. The number of β-amino-alcohol motifs (C(OH)–C–C–N with tert-alkyl or cyclic N) is 1. The highest BCUT2D eigenvalue weighted by Crippen LogP contribution is 2.24. The molecule has 1 aromatic heterocycles. The highest BCUT2D eigenvalue weighted by atomic mass is 19.1. The number of halogens is 1. The first-order chi connectivity index (χ1) is 7.58. The Morgan fingerprint density at radius 2 is 2.44 bits per heavy atom. The van der Waals surface area contributed by atoms with E-state index < -0.39 is 16.8 Å². The Labute approximate surface area is 90.5 Å². The second-order valence-corrected chi connectivity index (χ2v) is 3.64. The van der Waals surface area contributed by atoms with E-state index >= 15 is 0 Å². The highest BCUT2D eigenvalue weighted by Gasteiger charge is 2.24. The second kappa shape index (κ2) is 4.01. The van der Waals surface area contributed by atoms with E-state index in [-0.39, 0.29) is 11.5 Å². The molecule has 1 atom stereocenters. The zero-order valence-corrected chi connectivity index (χ0v) is 8.34. The maximum absolute atomic E-state index is 13.5. The summed E-state index contributed by atoms with van der Waals surface area (Å²) < 4.78 is 13.5. The molecule has 0 saturated carbocycles. The van der Waals surface area contributed by atoms with Crippen molar-refractivity contribution in [2.45, 2.75) is 12.5 Å². The number of rotatable bonds is 2. The van der Waals surface area contributed by atoms with Gasteiger partial charge in [0.15, 0.2) is 11.6 Å². The standard InChI is InChI=1S/C9H10FN3O3/c10-8-3-6(13(15)16)4-11-9(8)12-2-1-7(14)5-12/h3-4,7,14H,1-2,5H2/t7-/m1/s1. The van der Waals surface area contributed by atoms with Crippen LogP contribution in [0.4, 0.5) is 15.9 Å². The zero-order valence-electron chi connectivity index (χ0n) is 8.34. The van der Waals surface area contributed by atoms with Crippen LogP contribution >= 0.6 is 0 Å². The number of nitro groups is 1. The van der Waals surface area contributed by atoms with Gasteiger partial charge in [0.1, 0.15) is 6.20 Å². The van der Waals surface area contributed by atoms with E-state index in [2.05, 4.69) is 4.98 Å². The van der Waals surface area contributed by atoms with Gasteiger partial charge >= 0.3 is 0 Å². The van der Waals surface area contributed by atoms with Crippen molar-refractivity contribution in [3.63, 3.8) is 0 Å². The minimum atomic E-state index is -0.733. The Balaban J connectivity index is 2.26. The van der Waals surface area contributed by atoms with Crippen molar-refractivity contribution >= 4 is 11.5 Å². The summed E-state index contributed by atoms with van der Waals surface area (Å²) in [6, 6.07) is 0.840. The van der Waals surface area contributed by atoms with Gasteiger partial charge in [-0.05, 0) is 6.42 Å². The van der Waals surface area contributed by atoms with E-state index in [1.54, 1.807) is 4.90 Å². The average molecular weight is 227 g/mol. The molecule has 1 aromatic rings. The molecule has 86 valence electrons. The van der Waals surface area contributed by atoms with Gasteiger partial charge in [-0.15, -0.1) is 0 Å². The molecule has 1 aliphatic rings. The topological polar surface area (TPSA) is 79.5 Å². The largest absolute Gasteiger partial charge is 0.391 e. The van der Waals surface area contributed by atoms with Crippen LogP contribution in [-0.4, -0.2) is 34.2 Å². The predicted molar refractivity (Wildman–Crippen MR) is 53.7 cm³/mol. The third-order valence-electron chi connectivity index (χ3n) is 2.48. The Morgan fingerprint density at radius 3 is 2.94 bits per heavy atom. The average Bonchev–Trinajstić information content (AvgIpc) is 2.64. The number of hydrogen-bond acceptors (Lipinski definition) is 5. The van der Waals surface area contributed by atoms with E-state index in [4.69, 9.17) is 0 Å². The smallest absolute Gasteiger partial charge is 0.290 e. The lowest BCUT2D eigenvalue weighted by Gasteiger charge is -2.16. The summed E-state index contributed by atoms with van der Waals surface area (Å²) in [5.41, 5.74) is -0.374. The Bertz CT molecular complexity index is 426. The molecular weight excluding hydrogens is 217 g/mol. The molecule has 6 nitrogen and oxygen atoms in total. The molecule has 1 aliphatic heterocycles. The molecule has 16 heavy (non-hydrogen) atoms. The van der Waals surface area contributed by atoms with Gasteiger partial charge in [-0.25, -0.2) is 9.37 Å². The van der Waals surface area contributed by atoms with Gasteiger partial charge in [-0.3, -0.25) is 10.1 Å². The van der Waals surface area contributed by atoms with Crippen molar-refractivity contribution < 1.29 is 14.4 Å². The lowest BCUT2D eigenvalue weighted by atomic mass is 10.3. The minimum absolute atomic E-state index is 0.0575. The quantitative estimate of drug-likeness (QED) is 0.594. The zero-order chi connectivity index (χ0) is 11.7. The third kappa shape index (κ3) is 1.94. The highest BCUT2D eigenvalue weighted by molar-refractivity contribution is 5.45.